The van der Waals surface area contributed by atoms with Crippen molar-refractivity contribution in [1.82, 2.24) is 0 Å². The van der Waals surface area contributed by atoms with Crippen molar-refractivity contribution in [2.75, 3.05) is 0 Å². The van der Waals surface area contributed by atoms with Gasteiger partial charge in [0.25, 0.3) is 0 Å². The zero-order chi connectivity index (χ0) is 21.7. The second-order valence-corrected chi connectivity index (χ2v) is 8.69. The van der Waals surface area contributed by atoms with Gasteiger partial charge in [-0.25, -0.2) is 4.79 Å². The molecule has 0 saturated heterocycles. The molecule has 31 heavy (non-hydrogen) atoms. The summed E-state index contributed by atoms with van der Waals surface area (Å²) >= 11 is 6.39. The second-order valence-electron chi connectivity index (χ2n) is 8.25. The maximum Gasteiger partial charge on any atom is 0.338 e. The molecule has 0 fully saturated rings. The van der Waals surface area contributed by atoms with Gasteiger partial charge in [-0.15, -0.1) is 0 Å². The summed E-state index contributed by atoms with van der Waals surface area (Å²) in [6, 6.07) is 15.4. The van der Waals surface area contributed by atoms with Crippen LogP contribution in [0.4, 0.5) is 0 Å². The van der Waals surface area contributed by atoms with Crippen molar-refractivity contribution in [2.45, 2.75) is 38.5 Å². The van der Waals surface area contributed by atoms with E-state index in [-0.39, 0.29) is 11.8 Å². The topological polar surface area (TPSA) is 35.5 Å². The highest BCUT2D eigenvalue weighted by Crippen LogP contribution is 2.61. The third-order valence-electron chi connectivity index (χ3n) is 6.24. The van der Waals surface area contributed by atoms with E-state index in [0.717, 1.165) is 46.2 Å². The predicted molar refractivity (Wildman–Crippen MR) is 124 cm³/mol. The molecule has 2 bridgehead atoms. The summed E-state index contributed by atoms with van der Waals surface area (Å²) < 4.78 is 12.4. The van der Waals surface area contributed by atoms with Crippen LogP contribution in [0.25, 0.3) is 10.8 Å². The molecule has 0 spiro atoms. The van der Waals surface area contributed by atoms with E-state index in [1.807, 2.05) is 48.5 Å². The molecule has 4 heteroatoms. The van der Waals surface area contributed by atoms with Crippen LogP contribution < -0.4 is 9.47 Å². The van der Waals surface area contributed by atoms with E-state index < -0.39 is 5.97 Å². The van der Waals surface area contributed by atoms with Crippen molar-refractivity contribution in [3.8, 4) is 17.2 Å². The molecule has 156 valence electrons. The highest BCUT2D eigenvalue weighted by atomic mass is 35.5. The molecule has 0 heterocycles. The molecular formula is C27H23ClO3. The summed E-state index contributed by atoms with van der Waals surface area (Å²) in [6.45, 7) is 7.60. The molecule has 2 aliphatic carbocycles. The number of fused-ring (bicyclic) bond motifs is 6. The number of carbonyl (C=O) groups excluding carboxylic acids is 1. The van der Waals surface area contributed by atoms with Gasteiger partial charge in [0, 0.05) is 44.3 Å². The monoisotopic (exact) mass is 430 g/mol. The van der Waals surface area contributed by atoms with Gasteiger partial charge in [-0.05, 0) is 50.1 Å². The summed E-state index contributed by atoms with van der Waals surface area (Å²) in [4.78, 5) is 12.6. The van der Waals surface area contributed by atoms with E-state index in [0.29, 0.717) is 16.3 Å². The van der Waals surface area contributed by atoms with Crippen LogP contribution in [0.5, 0.6) is 17.2 Å². The highest BCUT2D eigenvalue weighted by molar-refractivity contribution is 6.31. The quantitative estimate of drug-likeness (QED) is 0.180. The van der Waals surface area contributed by atoms with Gasteiger partial charge < -0.3 is 9.47 Å². The number of carbonyl (C=O) groups is 1. The molecule has 2 unspecified atom stereocenters. The number of esters is 1. The lowest BCUT2D eigenvalue weighted by molar-refractivity contribution is -0.130. The fourth-order valence-corrected chi connectivity index (χ4v) is 5.05. The third kappa shape index (κ3) is 3.24. The minimum atomic E-state index is -0.417. The maximum atomic E-state index is 12.6. The maximum absolute atomic E-state index is 12.6. The first-order valence-corrected chi connectivity index (χ1v) is 11.0. The number of para-hydroxylation sites is 1. The van der Waals surface area contributed by atoms with Crippen molar-refractivity contribution >= 4 is 28.3 Å². The smallest absolute Gasteiger partial charge is 0.338 e. The SMILES string of the molecule is C=C(C)C(=O)Oc1c2c(c(Oc3ccccc3)c3cc(Cl)ccc13)C1C=C(CC)C2C1. The van der Waals surface area contributed by atoms with Crippen molar-refractivity contribution in [1.29, 1.82) is 0 Å². The molecule has 5 rings (SSSR count). The van der Waals surface area contributed by atoms with Crippen LogP contribution in [0.15, 0.2) is 72.3 Å². The Hall–Kier alpha value is -3.04. The molecule has 2 aliphatic rings. The molecule has 0 saturated carbocycles. The minimum absolute atomic E-state index is 0.233. The minimum Gasteiger partial charge on any atom is -0.456 e. The summed E-state index contributed by atoms with van der Waals surface area (Å²) in [5, 5.41) is 2.28. The Morgan fingerprint density at radius 1 is 1.10 bits per heavy atom. The van der Waals surface area contributed by atoms with Gasteiger partial charge in [0.1, 0.15) is 17.2 Å². The van der Waals surface area contributed by atoms with E-state index in [1.165, 1.54) is 5.57 Å². The lowest BCUT2D eigenvalue weighted by Crippen LogP contribution is -2.13. The first-order chi connectivity index (χ1) is 15.0. The van der Waals surface area contributed by atoms with E-state index in [4.69, 9.17) is 21.1 Å². The summed E-state index contributed by atoms with van der Waals surface area (Å²) in [7, 11) is 0. The summed E-state index contributed by atoms with van der Waals surface area (Å²) in [6.07, 6.45) is 4.30. The van der Waals surface area contributed by atoms with Crippen LogP contribution in [-0.4, -0.2) is 5.97 Å². The molecule has 0 N–H and O–H groups in total. The summed E-state index contributed by atoms with van der Waals surface area (Å²) in [5.41, 5.74) is 3.93. The van der Waals surface area contributed by atoms with Crippen LogP contribution in [0, 0.1) is 0 Å². The van der Waals surface area contributed by atoms with Gasteiger partial charge in [-0.1, -0.05) is 55.0 Å². The number of halogens is 1. The number of allylic oxidation sites excluding steroid dienone is 2. The van der Waals surface area contributed by atoms with Crippen LogP contribution in [-0.2, 0) is 4.79 Å². The van der Waals surface area contributed by atoms with Crippen LogP contribution in [0.3, 0.4) is 0 Å². The van der Waals surface area contributed by atoms with E-state index in [9.17, 15) is 4.79 Å². The molecule has 0 aliphatic heterocycles. The van der Waals surface area contributed by atoms with Gasteiger partial charge >= 0.3 is 5.97 Å². The molecule has 0 radical (unpaired) electrons. The van der Waals surface area contributed by atoms with Crippen molar-refractivity contribution < 1.29 is 14.3 Å². The number of hydrogen-bond donors (Lipinski definition) is 0. The molecule has 0 aromatic heterocycles. The Labute approximate surface area is 186 Å². The van der Waals surface area contributed by atoms with E-state index in [1.54, 1.807) is 6.92 Å². The van der Waals surface area contributed by atoms with E-state index >= 15 is 0 Å². The Morgan fingerprint density at radius 2 is 1.87 bits per heavy atom. The van der Waals surface area contributed by atoms with Crippen molar-refractivity contribution in [3.63, 3.8) is 0 Å². The molecule has 2 atom stereocenters. The predicted octanol–water partition coefficient (Wildman–Crippen LogP) is 7.69. The first kappa shape index (κ1) is 19.9. The summed E-state index contributed by atoms with van der Waals surface area (Å²) in [5.74, 6) is 2.23. The lowest BCUT2D eigenvalue weighted by Gasteiger charge is -2.25. The van der Waals surface area contributed by atoms with Crippen molar-refractivity contribution in [2.24, 2.45) is 0 Å². The van der Waals surface area contributed by atoms with Gasteiger partial charge in [0.2, 0.25) is 0 Å². The Morgan fingerprint density at radius 3 is 2.58 bits per heavy atom. The van der Waals surface area contributed by atoms with Gasteiger partial charge in [0.15, 0.2) is 0 Å². The number of hydrogen-bond acceptors (Lipinski definition) is 3. The molecule has 3 aromatic carbocycles. The third-order valence-corrected chi connectivity index (χ3v) is 6.47. The Balaban J connectivity index is 1.80. The van der Waals surface area contributed by atoms with Crippen LogP contribution >= 0.6 is 11.6 Å². The standard InChI is InChI=1S/C27H23ClO3/c1-4-16-12-17-13-21(16)24-23(17)26(30-19-8-6-5-7-9-19)22-14-18(28)10-11-20(22)25(24)31-27(29)15(2)3/h5-12,14,17,21H,2,4,13H2,1,3H3. The average Bonchev–Trinajstić information content (AvgIpc) is 3.35. The molecule has 3 aromatic rings. The van der Waals surface area contributed by atoms with Gasteiger partial charge in [0.05, 0.1) is 0 Å². The molecule has 0 amide bonds. The number of rotatable bonds is 5. The lowest BCUT2D eigenvalue weighted by atomic mass is 9.86. The largest absolute Gasteiger partial charge is 0.456 e. The molecular weight excluding hydrogens is 408 g/mol. The fraction of sp³-hybridized carbons (Fsp3) is 0.222. The number of ether oxygens (including phenoxy) is 2. The zero-order valence-corrected chi connectivity index (χ0v) is 18.3. The zero-order valence-electron chi connectivity index (χ0n) is 17.6. The van der Waals surface area contributed by atoms with Gasteiger partial charge in [-0.2, -0.15) is 0 Å². The Kier molecular flexibility index (Phi) is 4.86. The fourth-order valence-electron chi connectivity index (χ4n) is 4.87. The number of benzene rings is 3. The molecule has 3 nitrogen and oxygen atoms in total. The van der Waals surface area contributed by atoms with Crippen molar-refractivity contribution in [3.05, 3.63) is 88.5 Å². The normalized spacial score (nSPS) is 18.6. The second kappa shape index (κ2) is 7.58. The first-order valence-electron chi connectivity index (χ1n) is 10.6. The van der Waals surface area contributed by atoms with Crippen LogP contribution in [0.1, 0.15) is 49.7 Å². The highest BCUT2D eigenvalue weighted by Gasteiger charge is 2.43. The van der Waals surface area contributed by atoms with Gasteiger partial charge in [-0.3, -0.25) is 0 Å². The van der Waals surface area contributed by atoms with E-state index in [2.05, 4.69) is 19.6 Å². The average molecular weight is 431 g/mol. The van der Waals surface area contributed by atoms with Crippen LogP contribution in [0.2, 0.25) is 5.02 Å². The Bertz CT molecular complexity index is 1260.